The molecule has 0 heterocycles. The summed E-state index contributed by atoms with van der Waals surface area (Å²) in [6, 6.07) is 6.34. The first-order valence-electron chi connectivity index (χ1n) is 5.49. The van der Waals surface area contributed by atoms with Crippen LogP contribution in [0.5, 0.6) is 5.75 Å². The molecule has 1 aliphatic rings. The maximum atomic E-state index is 12.2. The third-order valence-corrected chi connectivity index (χ3v) is 3.38. The monoisotopic (exact) mass is 245 g/mol. The fourth-order valence-corrected chi connectivity index (χ4v) is 2.24. The number of alkyl halides is 3. The first kappa shape index (κ1) is 12.2. The van der Waals surface area contributed by atoms with Gasteiger partial charge in [0.15, 0.2) is 0 Å². The minimum Gasteiger partial charge on any atom is -0.405 e. The molecule has 0 aliphatic heterocycles. The van der Waals surface area contributed by atoms with Crippen LogP contribution in [-0.4, -0.2) is 12.4 Å². The number of nitrogens with two attached hydrogens (primary N) is 1. The number of hydrogen-bond donors (Lipinski definition) is 1. The van der Waals surface area contributed by atoms with Crippen molar-refractivity contribution >= 4 is 0 Å². The second kappa shape index (κ2) is 4.22. The molecule has 1 saturated carbocycles. The van der Waals surface area contributed by atoms with Gasteiger partial charge in [0, 0.05) is 6.04 Å². The van der Waals surface area contributed by atoms with Crippen molar-refractivity contribution < 1.29 is 17.9 Å². The lowest BCUT2D eigenvalue weighted by atomic mass is 9.67. The van der Waals surface area contributed by atoms with Crippen molar-refractivity contribution in [2.24, 2.45) is 11.7 Å². The van der Waals surface area contributed by atoms with Crippen molar-refractivity contribution in [2.45, 2.75) is 31.7 Å². The minimum absolute atomic E-state index is 0.0588. The minimum atomic E-state index is -4.65. The smallest absolute Gasteiger partial charge is 0.405 e. The van der Waals surface area contributed by atoms with Crippen molar-refractivity contribution in [1.29, 1.82) is 0 Å². The predicted octanol–water partition coefficient (Wildman–Crippen LogP) is 3.04. The van der Waals surface area contributed by atoms with Crippen molar-refractivity contribution in [3.63, 3.8) is 0 Å². The van der Waals surface area contributed by atoms with Gasteiger partial charge in [0.05, 0.1) is 0 Å². The Hall–Kier alpha value is -1.23. The Balaban J connectivity index is 2.23. The fraction of sp³-hybridized carbons (Fsp3) is 0.500. The van der Waals surface area contributed by atoms with Crippen LogP contribution in [0.1, 0.15) is 24.8 Å². The highest BCUT2D eigenvalue weighted by Gasteiger charge is 2.39. The summed E-state index contributed by atoms with van der Waals surface area (Å²) in [5, 5.41) is 0. The first-order chi connectivity index (χ1) is 7.88. The SMILES string of the molecule is CC1C(N)CC1c1ccccc1OC(F)(F)F. The van der Waals surface area contributed by atoms with Gasteiger partial charge in [0.1, 0.15) is 5.75 Å². The number of benzene rings is 1. The number of halogens is 3. The molecular formula is C12H14F3NO. The van der Waals surface area contributed by atoms with Crippen LogP contribution in [0.15, 0.2) is 24.3 Å². The Morgan fingerprint density at radius 2 is 1.94 bits per heavy atom. The van der Waals surface area contributed by atoms with Gasteiger partial charge in [-0.05, 0) is 29.9 Å². The van der Waals surface area contributed by atoms with E-state index in [0.29, 0.717) is 12.0 Å². The van der Waals surface area contributed by atoms with Gasteiger partial charge in [-0.2, -0.15) is 0 Å². The summed E-state index contributed by atoms with van der Waals surface area (Å²) in [4.78, 5) is 0. The highest BCUT2D eigenvalue weighted by Crippen LogP contribution is 2.45. The molecule has 0 saturated heterocycles. The standard InChI is InChI=1S/C12H14F3NO/c1-7-9(6-10(7)16)8-4-2-3-5-11(8)17-12(13,14)15/h2-5,7,9-10H,6,16H2,1H3. The van der Waals surface area contributed by atoms with E-state index in [1.54, 1.807) is 12.1 Å². The molecule has 2 rings (SSSR count). The van der Waals surface area contributed by atoms with Crippen molar-refractivity contribution in [1.82, 2.24) is 0 Å². The lowest BCUT2D eigenvalue weighted by molar-refractivity contribution is -0.275. The zero-order valence-electron chi connectivity index (χ0n) is 9.37. The van der Waals surface area contributed by atoms with Gasteiger partial charge in [0.25, 0.3) is 0 Å². The number of hydrogen-bond acceptors (Lipinski definition) is 2. The summed E-state index contributed by atoms with van der Waals surface area (Å²) in [5.41, 5.74) is 6.36. The van der Waals surface area contributed by atoms with Gasteiger partial charge in [-0.25, -0.2) is 0 Å². The molecule has 1 aliphatic carbocycles. The van der Waals surface area contributed by atoms with E-state index in [1.807, 2.05) is 6.92 Å². The number of rotatable bonds is 2. The molecule has 2 N–H and O–H groups in total. The van der Waals surface area contributed by atoms with E-state index in [2.05, 4.69) is 4.74 Å². The summed E-state index contributed by atoms with van der Waals surface area (Å²) >= 11 is 0. The molecule has 0 bridgehead atoms. The summed E-state index contributed by atoms with van der Waals surface area (Å²) in [6.07, 6.45) is -3.94. The van der Waals surface area contributed by atoms with Crippen LogP contribution in [-0.2, 0) is 0 Å². The van der Waals surface area contributed by atoms with Crippen LogP contribution >= 0.6 is 0 Å². The number of ether oxygens (including phenoxy) is 1. The van der Waals surface area contributed by atoms with Crippen LogP contribution < -0.4 is 10.5 Å². The van der Waals surface area contributed by atoms with Crippen LogP contribution in [0, 0.1) is 5.92 Å². The van der Waals surface area contributed by atoms with E-state index in [1.165, 1.54) is 12.1 Å². The summed E-state index contributed by atoms with van der Waals surface area (Å²) in [7, 11) is 0. The quantitative estimate of drug-likeness (QED) is 0.869. The fourth-order valence-electron chi connectivity index (χ4n) is 2.24. The van der Waals surface area contributed by atoms with Crippen LogP contribution in [0.3, 0.4) is 0 Å². The third-order valence-electron chi connectivity index (χ3n) is 3.38. The highest BCUT2D eigenvalue weighted by molar-refractivity contribution is 5.38. The largest absolute Gasteiger partial charge is 0.573 e. The molecule has 5 heteroatoms. The lowest BCUT2D eigenvalue weighted by Gasteiger charge is -2.41. The van der Waals surface area contributed by atoms with Crippen LogP contribution in [0.4, 0.5) is 13.2 Å². The van der Waals surface area contributed by atoms with Crippen molar-refractivity contribution in [2.75, 3.05) is 0 Å². The molecule has 3 unspecified atom stereocenters. The van der Waals surface area contributed by atoms with Gasteiger partial charge in [-0.15, -0.1) is 13.2 Å². The Kier molecular flexibility index (Phi) is 3.03. The Morgan fingerprint density at radius 3 is 2.47 bits per heavy atom. The average molecular weight is 245 g/mol. The summed E-state index contributed by atoms with van der Waals surface area (Å²) in [6.45, 7) is 1.95. The first-order valence-corrected chi connectivity index (χ1v) is 5.49. The zero-order valence-corrected chi connectivity index (χ0v) is 9.37. The highest BCUT2D eigenvalue weighted by atomic mass is 19.4. The molecule has 0 spiro atoms. The molecular weight excluding hydrogens is 231 g/mol. The third kappa shape index (κ3) is 2.54. The molecule has 17 heavy (non-hydrogen) atoms. The second-order valence-electron chi connectivity index (χ2n) is 4.45. The summed E-state index contributed by atoms with van der Waals surface area (Å²) < 4.78 is 40.7. The second-order valence-corrected chi connectivity index (χ2v) is 4.45. The van der Waals surface area contributed by atoms with Crippen LogP contribution in [0.2, 0.25) is 0 Å². The maximum absolute atomic E-state index is 12.2. The average Bonchev–Trinajstić information content (AvgIpc) is 2.24. The Labute approximate surface area is 97.6 Å². The van der Waals surface area contributed by atoms with Gasteiger partial charge >= 0.3 is 6.36 Å². The number of para-hydroxylation sites is 1. The van der Waals surface area contributed by atoms with Crippen LogP contribution in [0.25, 0.3) is 0 Å². The normalized spacial score (nSPS) is 28.6. The van der Waals surface area contributed by atoms with Gasteiger partial charge < -0.3 is 10.5 Å². The lowest BCUT2D eigenvalue weighted by Crippen LogP contribution is -2.44. The van der Waals surface area contributed by atoms with E-state index in [0.717, 1.165) is 0 Å². The van der Waals surface area contributed by atoms with Gasteiger partial charge in [-0.3, -0.25) is 0 Å². The predicted molar refractivity (Wildman–Crippen MR) is 57.6 cm³/mol. The van der Waals surface area contributed by atoms with Gasteiger partial charge in [0.2, 0.25) is 0 Å². The van der Waals surface area contributed by atoms with E-state index in [9.17, 15) is 13.2 Å². The molecule has 0 amide bonds. The molecule has 94 valence electrons. The van der Waals surface area contributed by atoms with Crippen molar-refractivity contribution in [3.05, 3.63) is 29.8 Å². The van der Waals surface area contributed by atoms with Gasteiger partial charge in [-0.1, -0.05) is 25.1 Å². The van der Waals surface area contributed by atoms with E-state index >= 15 is 0 Å². The molecule has 2 nitrogen and oxygen atoms in total. The molecule has 0 aromatic heterocycles. The molecule has 0 radical (unpaired) electrons. The maximum Gasteiger partial charge on any atom is 0.573 e. The van der Waals surface area contributed by atoms with E-state index < -0.39 is 6.36 Å². The van der Waals surface area contributed by atoms with Crippen molar-refractivity contribution in [3.8, 4) is 5.75 Å². The molecule has 1 aromatic carbocycles. The Morgan fingerprint density at radius 1 is 1.29 bits per heavy atom. The van der Waals surface area contributed by atoms with E-state index in [4.69, 9.17) is 5.73 Å². The zero-order chi connectivity index (χ0) is 12.6. The molecule has 1 aromatic rings. The summed E-state index contributed by atoms with van der Waals surface area (Å²) in [5.74, 6) is 0.139. The topological polar surface area (TPSA) is 35.2 Å². The molecule has 3 atom stereocenters. The molecule has 1 fully saturated rings. The Bertz CT molecular complexity index is 405. The van der Waals surface area contributed by atoms with E-state index in [-0.39, 0.29) is 23.6 Å².